The van der Waals surface area contributed by atoms with Crippen LogP contribution in [0.1, 0.15) is 12.8 Å². The number of hydrogen-bond donors (Lipinski definition) is 1. The molecule has 0 amide bonds. The van der Waals surface area contributed by atoms with Crippen molar-refractivity contribution in [3.05, 3.63) is 27.7 Å². The van der Waals surface area contributed by atoms with Gasteiger partial charge >= 0.3 is 6.18 Å². The second kappa shape index (κ2) is 5.77. The topological polar surface area (TPSA) is 12.0 Å². The molecule has 16 heavy (non-hydrogen) atoms. The monoisotopic (exact) mass is 315 g/mol. The Labute approximate surface area is 105 Å². The molecule has 1 aromatic carbocycles. The van der Waals surface area contributed by atoms with Crippen LogP contribution in [0.3, 0.4) is 0 Å². The molecule has 0 aliphatic carbocycles. The van der Waals surface area contributed by atoms with Gasteiger partial charge in [0.25, 0.3) is 0 Å². The quantitative estimate of drug-likeness (QED) is 0.782. The van der Waals surface area contributed by atoms with Crippen LogP contribution in [0.2, 0.25) is 5.02 Å². The van der Waals surface area contributed by atoms with Crippen LogP contribution in [-0.2, 0) is 0 Å². The van der Waals surface area contributed by atoms with E-state index < -0.39 is 12.6 Å². The molecule has 1 rings (SSSR count). The highest BCUT2D eigenvalue weighted by atomic mass is 79.9. The van der Waals surface area contributed by atoms with Gasteiger partial charge in [0.15, 0.2) is 0 Å². The number of rotatable bonds is 4. The predicted octanol–water partition coefficient (Wildman–Crippen LogP) is 4.86. The van der Waals surface area contributed by atoms with Gasteiger partial charge in [-0.05, 0) is 24.6 Å². The summed E-state index contributed by atoms with van der Waals surface area (Å²) in [6.07, 6.45) is -4.85. The Hall–Kier alpha value is -0.420. The van der Waals surface area contributed by atoms with Crippen LogP contribution >= 0.6 is 27.5 Å². The predicted molar refractivity (Wildman–Crippen MR) is 62.9 cm³/mol. The molecule has 0 unspecified atom stereocenters. The summed E-state index contributed by atoms with van der Waals surface area (Å²) in [5.41, 5.74) is 0.637. The molecule has 6 heteroatoms. The van der Waals surface area contributed by atoms with E-state index in [1.54, 1.807) is 18.2 Å². The van der Waals surface area contributed by atoms with Crippen LogP contribution < -0.4 is 5.32 Å². The average molecular weight is 317 g/mol. The Morgan fingerprint density at radius 1 is 1.31 bits per heavy atom. The molecule has 0 aromatic heterocycles. The van der Waals surface area contributed by atoms with E-state index >= 15 is 0 Å². The first-order chi connectivity index (χ1) is 7.38. The van der Waals surface area contributed by atoms with E-state index in [4.69, 9.17) is 11.6 Å². The van der Waals surface area contributed by atoms with Crippen molar-refractivity contribution in [1.82, 2.24) is 0 Å². The molecule has 0 aliphatic rings. The Morgan fingerprint density at radius 2 is 2.00 bits per heavy atom. The zero-order valence-electron chi connectivity index (χ0n) is 8.24. The van der Waals surface area contributed by atoms with Gasteiger partial charge in [-0.2, -0.15) is 13.2 Å². The lowest BCUT2D eigenvalue weighted by Crippen LogP contribution is -2.11. The molecule has 0 saturated heterocycles. The van der Waals surface area contributed by atoms with Crippen molar-refractivity contribution < 1.29 is 13.2 Å². The van der Waals surface area contributed by atoms with E-state index in [9.17, 15) is 13.2 Å². The van der Waals surface area contributed by atoms with Crippen LogP contribution in [0, 0.1) is 0 Å². The maximum absolute atomic E-state index is 11.9. The molecule has 0 radical (unpaired) electrons. The summed E-state index contributed by atoms with van der Waals surface area (Å²) in [6.45, 7) is 0.246. The second-order valence-electron chi connectivity index (χ2n) is 3.27. The fraction of sp³-hybridized carbons (Fsp3) is 0.400. The summed E-state index contributed by atoms with van der Waals surface area (Å²) in [6, 6.07) is 5.18. The molecule has 0 saturated carbocycles. The Morgan fingerprint density at radius 3 is 2.62 bits per heavy atom. The second-order valence-corrected chi connectivity index (χ2v) is 4.59. The molecule has 1 nitrogen and oxygen atoms in total. The van der Waals surface area contributed by atoms with Crippen molar-refractivity contribution in [3.8, 4) is 0 Å². The highest BCUT2D eigenvalue weighted by Gasteiger charge is 2.25. The van der Waals surface area contributed by atoms with Gasteiger partial charge in [0, 0.05) is 17.4 Å². The number of benzene rings is 1. The summed E-state index contributed by atoms with van der Waals surface area (Å²) >= 11 is 9.12. The molecular weight excluding hydrogens is 306 g/mol. The molecule has 0 atom stereocenters. The van der Waals surface area contributed by atoms with Crippen LogP contribution in [0.15, 0.2) is 22.7 Å². The summed E-state index contributed by atoms with van der Waals surface area (Å²) in [5.74, 6) is 0. The minimum atomic E-state index is -4.09. The first-order valence-electron chi connectivity index (χ1n) is 4.64. The van der Waals surface area contributed by atoms with Crippen LogP contribution in [-0.4, -0.2) is 12.7 Å². The number of halogens is 5. The van der Waals surface area contributed by atoms with E-state index in [0.717, 1.165) is 4.47 Å². The van der Waals surface area contributed by atoms with Gasteiger partial charge in [0.1, 0.15) is 0 Å². The summed E-state index contributed by atoms with van der Waals surface area (Å²) in [4.78, 5) is 0. The largest absolute Gasteiger partial charge is 0.389 e. The van der Waals surface area contributed by atoms with Crippen molar-refractivity contribution in [3.63, 3.8) is 0 Å². The van der Waals surface area contributed by atoms with Crippen molar-refractivity contribution in [1.29, 1.82) is 0 Å². The normalized spacial score (nSPS) is 11.6. The molecule has 0 spiro atoms. The maximum Gasteiger partial charge on any atom is 0.389 e. The highest BCUT2D eigenvalue weighted by Crippen LogP contribution is 2.26. The van der Waals surface area contributed by atoms with Gasteiger partial charge in [-0.3, -0.25) is 0 Å². The molecular formula is C10H10BrClF3N. The lowest BCUT2D eigenvalue weighted by atomic mass is 10.2. The van der Waals surface area contributed by atoms with Crippen molar-refractivity contribution in [2.24, 2.45) is 0 Å². The zero-order chi connectivity index (χ0) is 12.2. The zero-order valence-corrected chi connectivity index (χ0v) is 10.6. The number of hydrogen-bond acceptors (Lipinski definition) is 1. The van der Waals surface area contributed by atoms with E-state index in [-0.39, 0.29) is 13.0 Å². The van der Waals surface area contributed by atoms with Gasteiger partial charge in [-0.1, -0.05) is 27.5 Å². The summed E-state index contributed by atoms with van der Waals surface area (Å²) in [5, 5.41) is 3.36. The fourth-order valence-corrected chi connectivity index (χ4v) is 1.69. The van der Waals surface area contributed by atoms with Crippen molar-refractivity contribution in [2.45, 2.75) is 19.0 Å². The van der Waals surface area contributed by atoms with E-state index in [1.807, 2.05) is 0 Å². The van der Waals surface area contributed by atoms with Crippen LogP contribution in [0.4, 0.5) is 18.9 Å². The molecule has 90 valence electrons. The summed E-state index contributed by atoms with van der Waals surface area (Å²) < 4.78 is 36.4. The molecule has 0 bridgehead atoms. The van der Waals surface area contributed by atoms with Gasteiger partial charge in [-0.25, -0.2) is 0 Å². The van der Waals surface area contributed by atoms with E-state index in [1.165, 1.54) is 0 Å². The molecule has 0 heterocycles. The van der Waals surface area contributed by atoms with Gasteiger partial charge in [-0.15, -0.1) is 0 Å². The molecule has 1 N–H and O–H groups in total. The van der Waals surface area contributed by atoms with Gasteiger partial charge < -0.3 is 5.32 Å². The number of anilines is 1. The highest BCUT2D eigenvalue weighted by molar-refractivity contribution is 9.10. The lowest BCUT2D eigenvalue weighted by molar-refractivity contribution is -0.134. The fourth-order valence-electron chi connectivity index (χ4n) is 1.14. The van der Waals surface area contributed by atoms with E-state index in [0.29, 0.717) is 10.7 Å². The Balaban J connectivity index is 2.40. The third-order valence-electron chi connectivity index (χ3n) is 1.88. The van der Waals surface area contributed by atoms with Crippen LogP contribution in [0.5, 0.6) is 0 Å². The van der Waals surface area contributed by atoms with Gasteiger partial charge in [0.2, 0.25) is 0 Å². The smallest absolute Gasteiger partial charge is 0.384 e. The minimum absolute atomic E-state index is 0.0341. The number of nitrogens with one attached hydrogen (secondary N) is 1. The Kier molecular flexibility index (Phi) is 4.92. The maximum atomic E-state index is 11.9. The molecule has 0 aliphatic heterocycles. The van der Waals surface area contributed by atoms with E-state index in [2.05, 4.69) is 21.2 Å². The third-order valence-corrected chi connectivity index (χ3v) is 2.70. The Bertz CT molecular complexity index is 354. The first kappa shape index (κ1) is 13.6. The average Bonchev–Trinajstić information content (AvgIpc) is 2.16. The summed E-state index contributed by atoms with van der Waals surface area (Å²) in [7, 11) is 0. The van der Waals surface area contributed by atoms with Gasteiger partial charge in [0.05, 0.1) is 10.7 Å². The SMILES string of the molecule is FC(F)(F)CCCNc1cc(Br)ccc1Cl. The minimum Gasteiger partial charge on any atom is -0.384 e. The first-order valence-corrected chi connectivity index (χ1v) is 5.81. The molecule has 1 aromatic rings. The number of alkyl halides is 3. The lowest BCUT2D eigenvalue weighted by Gasteiger charge is -2.10. The van der Waals surface area contributed by atoms with Crippen molar-refractivity contribution >= 4 is 33.2 Å². The third kappa shape index (κ3) is 5.07. The van der Waals surface area contributed by atoms with Crippen molar-refractivity contribution in [2.75, 3.05) is 11.9 Å². The van der Waals surface area contributed by atoms with Crippen LogP contribution in [0.25, 0.3) is 0 Å². The molecule has 0 fully saturated rings. The standard InChI is InChI=1S/C10H10BrClF3N/c11-7-2-3-8(12)9(6-7)16-5-1-4-10(13,14)15/h2-3,6,16H,1,4-5H2.